The van der Waals surface area contributed by atoms with E-state index in [0.717, 1.165) is 11.5 Å². The Balaban J connectivity index is 2.43. The summed E-state index contributed by atoms with van der Waals surface area (Å²) >= 11 is 0. The fourth-order valence-corrected chi connectivity index (χ4v) is 1.74. The van der Waals surface area contributed by atoms with Gasteiger partial charge in [-0.15, -0.1) is 0 Å². The minimum atomic E-state index is -1.09. The van der Waals surface area contributed by atoms with Crippen LogP contribution in [0.5, 0.6) is 0 Å². The molecule has 1 rings (SSSR count). The van der Waals surface area contributed by atoms with Gasteiger partial charge in [0.25, 0.3) is 0 Å². The van der Waals surface area contributed by atoms with Crippen LogP contribution in [0.1, 0.15) is 25.4 Å². The highest BCUT2D eigenvalue weighted by molar-refractivity contribution is 5.97. The number of furan rings is 1. The average molecular weight is 253 g/mol. The molecule has 1 atom stereocenters. The van der Waals surface area contributed by atoms with Gasteiger partial charge in [-0.1, -0.05) is 13.8 Å². The third kappa shape index (κ3) is 3.91. The van der Waals surface area contributed by atoms with E-state index in [0.29, 0.717) is 13.0 Å². The van der Waals surface area contributed by atoms with E-state index >= 15 is 0 Å². The first-order valence-corrected chi connectivity index (χ1v) is 5.97. The molecule has 0 radical (unpaired) electrons. The van der Waals surface area contributed by atoms with Gasteiger partial charge in [-0.25, -0.2) is 0 Å². The second kappa shape index (κ2) is 6.23. The largest absolute Gasteiger partial charge is 0.481 e. The van der Waals surface area contributed by atoms with Crippen LogP contribution in [0.4, 0.5) is 0 Å². The lowest BCUT2D eigenvalue weighted by Gasteiger charge is -2.15. The topological polar surface area (TPSA) is 79.5 Å². The number of nitrogens with one attached hydrogen (secondary N) is 1. The number of rotatable bonds is 6. The second-order valence-electron chi connectivity index (χ2n) is 4.61. The summed E-state index contributed by atoms with van der Waals surface area (Å²) in [7, 11) is 0. The van der Waals surface area contributed by atoms with E-state index in [9.17, 15) is 9.59 Å². The molecule has 100 valence electrons. The van der Waals surface area contributed by atoms with E-state index < -0.39 is 17.8 Å². The van der Waals surface area contributed by atoms with Gasteiger partial charge in [0.2, 0.25) is 5.91 Å². The molecule has 1 amide bonds. The van der Waals surface area contributed by atoms with Crippen molar-refractivity contribution in [1.82, 2.24) is 5.32 Å². The molecule has 5 heteroatoms. The maximum Gasteiger partial charge on any atom is 0.316 e. The van der Waals surface area contributed by atoms with E-state index in [2.05, 4.69) is 5.32 Å². The van der Waals surface area contributed by atoms with Crippen LogP contribution in [0.25, 0.3) is 0 Å². The van der Waals surface area contributed by atoms with Crippen LogP contribution >= 0.6 is 0 Å². The molecule has 0 saturated carbocycles. The standard InChI is InChI=1S/C13H19NO4/c1-8(2)11(13(16)17)12(15)14-7-6-10-5-4-9(3)18-10/h4-5,8,11H,6-7H2,1-3H3,(H,14,15)(H,16,17). The third-order valence-corrected chi connectivity index (χ3v) is 2.68. The number of hydrogen-bond donors (Lipinski definition) is 2. The highest BCUT2D eigenvalue weighted by atomic mass is 16.4. The Labute approximate surface area is 106 Å². The molecule has 0 bridgehead atoms. The smallest absolute Gasteiger partial charge is 0.316 e. The number of amides is 1. The van der Waals surface area contributed by atoms with Crippen molar-refractivity contribution in [1.29, 1.82) is 0 Å². The maximum absolute atomic E-state index is 11.7. The predicted molar refractivity (Wildman–Crippen MR) is 66.1 cm³/mol. The van der Waals surface area contributed by atoms with Crippen LogP contribution < -0.4 is 5.32 Å². The van der Waals surface area contributed by atoms with Crippen molar-refractivity contribution in [2.24, 2.45) is 11.8 Å². The van der Waals surface area contributed by atoms with Crippen molar-refractivity contribution in [3.63, 3.8) is 0 Å². The first kappa shape index (κ1) is 14.3. The highest BCUT2D eigenvalue weighted by Crippen LogP contribution is 2.11. The summed E-state index contributed by atoms with van der Waals surface area (Å²) < 4.78 is 5.35. The van der Waals surface area contributed by atoms with Crippen LogP contribution in [0, 0.1) is 18.8 Å². The minimum absolute atomic E-state index is 0.228. The van der Waals surface area contributed by atoms with Crippen LogP contribution in [0.3, 0.4) is 0 Å². The maximum atomic E-state index is 11.7. The van der Waals surface area contributed by atoms with Crippen molar-refractivity contribution in [2.75, 3.05) is 6.54 Å². The Bertz CT molecular complexity index is 422. The van der Waals surface area contributed by atoms with Gasteiger partial charge in [0.1, 0.15) is 17.4 Å². The summed E-state index contributed by atoms with van der Waals surface area (Å²) in [6, 6.07) is 3.70. The molecule has 0 fully saturated rings. The van der Waals surface area contributed by atoms with Crippen molar-refractivity contribution in [2.45, 2.75) is 27.2 Å². The van der Waals surface area contributed by atoms with Crippen molar-refractivity contribution >= 4 is 11.9 Å². The zero-order valence-corrected chi connectivity index (χ0v) is 10.9. The Kier molecular flexibility index (Phi) is 4.95. The minimum Gasteiger partial charge on any atom is -0.481 e. The van der Waals surface area contributed by atoms with Gasteiger partial charge in [-0.2, -0.15) is 0 Å². The predicted octanol–water partition coefficient (Wildman–Crippen LogP) is 1.60. The number of carbonyl (C=O) groups excluding carboxylic acids is 1. The number of carboxylic acids is 1. The number of aliphatic carboxylic acids is 1. The highest BCUT2D eigenvalue weighted by Gasteiger charge is 2.29. The lowest BCUT2D eigenvalue weighted by molar-refractivity contribution is -0.148. The monoisotopic (exact) mass is 253 g/mol. The molecule has 2 N–H and O–H groups in total. The zero-order valence-electron chi connectivity index (χ0n) is 10.9. The molecule has 1 aromatic rings. The molecule has 18 heavy (non-hydrogen) atoms. The van der Waals surface area contributed by atoms with Gasteiger partial charge < -0.3 is 14.8 Å². The van der Waals surface area contributed by atoms with Crippen molar-refractivity contribution in [3.8, 4) is 0 Å². The molecular formula is C13H19NO4. The molecule has 0 spiro atoms. The van der Waals surface area contributed by atoms with E-state index in [1.807, 2.05) is 19.1 Å². The summed E-state index contributed by atoms with van der Waals surface area (Å²) in [5, 5.41) is 11.6. The lowest BCUT2D eigenvalue weighted by atomic mass is 9.95. The van der Waals surface area contributed by atoms with E-state index in [1.165, 1.54) is 0 Å². The molecule has 1 aromatic heterocycles. The molecular weight excluding hydrogens is 234 g/mol. The Morgan fingerprint density at radius 1 is 1.39 bits per heavy atom. The Morgan fingerprint density at radius 3 is 2.50 bits per heavy atom. The fourth-order valence-electron chi connectivity index (χ4n) is 1.74. The number of aryl methyl sites for hydroxylation is 1. The van der Waals surface area contributed by atoms with Gasteiger partial charge in [0.15, 0.2) is 0 Å². The summed E-state index contributed by atoms with van der Waals surface area (Å²) in [5.74, 6) is -1.15. The molecule has 0 saturated heterocycles. The summed E-state index contributed by atoms with van der Waals surface area (Å²) in [6.07, 6.45) is 0.560. The number of carbonyl (C=O) groups is 2. The number of carboxylic acid groups (broad SMARTS) is 1. The third-order valence-electron chi connectivity index (χ3n) is 2.68. The molecule has 0 aliphatic heterocycles. The van der Waals surface area contributed by atoms with Crippen LogP contribution in [-0.4, -0.2) is 23.5 Å². The summed E-state index contributed by atoms with van der Waals surface area (Å²) in [6.45, 7) is 5.66. The summed E-state index contributed by atoms with van der Waals surface area (Å²) in [5.41, 5.74) is 0. The van der Waals surface area contributed by atoms with Crippen LogP contribution in [0.15, 0.2) is 16.5 Å². The van der Waals surface area contributed by atoms with Gasteiger partial charge in [0.05, 0.1) is 0 Å². The molecule has 1 unspecified atom stereocenters. The van der Waals surface area contributed by atoms with Crippen LogP contribution in [-0.2, 0) is 16.0 Å². The Hall–Kier alpha value is -1.78. The van der Waals surface area contributed by atoms with Gasteiger partial charge >= 0.3 is 5.97 Å². The fraction of sp³-hybridized carbons (Fsp3) is 0.538. The van der Waals surface area contributed by atoms with Crippen molar-refractivity contribution in [3.05, 3.63) is 23.7 Å². The second-order valence-corrected chi connectivity index (χ2v) is 4.61. The number of hydrogen-bond acceptors (Lipinski definition) is 3. The summed E-state index contributed by atoms with van der Waals surface area (Å²) in [4.78, 5) is 22.6. The first-order valence-electron chi connectivity index (χ1n) is 5.97. The van der Waals surface area contributed by atoms with E-state index in [1.54, 1.807) is 13.8 Å². The lowest BCUT2D eigenvalue weighted by Crippen LogP contribution is -2.39. The molecule has 1 heterocycles. The van der Waals surface area contributed by atoms with Gasteiger partial charge in [-0.05, 0) is 25.0 Å². The molecule has 5 nitrogen and oxygen atoms in total. The van der Waals surface area contributed by atoms with E-state index in [4.69, 9.17) is 9.52 Å². The SMILES string of the molecule is Cc1ccc(CCNC(=O)C(C(=O)O)C(C)C)o1. The molecule has 0 aliphatic carbocycles. The van der Waals surface area contributed by atoms with Gasteiger partial charge in [-0.3, -0.25) is 9.59 Å². The first-order chi connectivity index (χ1) is 8.41. The van der Waals surface area contributed by atoms with Crippen molar-refractivity contribution < 1.29 is 19.1 Å². The average Bonchev–Trinajstić information content (AvgIpc) is 2.63. The molecule has 0 aromatic carbocycles. The van der Waals surface area contributed by atoms with E-state index in [-0.39, 0.29) is 5.92 Å². The van der Waals surface area contributed by atoms with Crippen LogP contribution in [0.2, 0.25) is 0 Å². The molecule has 0 aliphatic rings. The normalized spacial score (nSPS) is 12.4. The zero-order chi connectivity index (χ0) is 13.7. The van der Waals surface area contributed by atoms with Gasteiger partial charge in [0, 0.05) is 13.0 Å². The quantitative estimate of drug-likeness (QED) is 0.755. The Morgan fingerprint density at radius 2 is 2.06 bits per heavy atom.